The first-order chi connectivity index (χ1) is 13.1. The molecule has 2 aromatic heterocycles. The minimum atomic E-state index is 0.183. The lowest BCUT2D eigenvalue weighted by atomic mass is 9.90. The molecule has 0 N–H and O–H groups in total. The van der Waals surface area contributed by atoms with Gasteiger partial charge in [-0.3, -0.25) is 4.90 Å². The molecular weight excluding hydrogens is 360 g/mol. The Balaban J connectivity index is 1.79. The summed E-state index contributed by atoms with van der Waals surface area (Å²) in [5, 5.41) is 6.27. The third kappa shape index (κ3) is 3.24. The van der Waals surface area contributed by atoms with Crippen LogP contribution in [0.4, 0.5) is 0 Å². The van der Waals surface area contributed by atoms with Gasteiger partial charge in [-0.25, -0.2) is 0 Å². The zero-order chi connectivity index (χ0) is 19.0. The van der Waals surface area contributed by atoms with E-state index in [0.717, 1.165) is 42.5 Å². The highest BCUT2D eigenvalue weighted by Gasteiger charge is 2.32. The Bertz CT molecular complexity index is 914. The number of rotatable bonds is 5. The zero-order valence-electron chi connectivity index (χ0n) is 16.1. The first kappa shape index (κ1) is 18.1. The summed E-state index contributed by atoms with van der Waals surface area (Å²) in [6.45, 7) is 5.78. The van der Waals surface area contributed by atoms with E-state index in [1.54, 1.807) is 25.6 Å². The fourth-order valence-electron chi connectivity index (χ4n) is 3.88. The number of fused-ring (bicyclic) bond motifs is 1. The van der Waals surface area contributed by atoms with Crippen molar-refractivity contribution in [3.05, 3.63) is 62.7 Å². The molecule has 1 atom stereocenters. The Kier molecular flexibility index (Phi) is 4.93. The lowest BCUT2D eigenvalue weighted by Crippen LogP contribution is -2.35. The molecule has 3 heterocycles. The van der Waals surface area contributed by atoms with Gasteiger partial charge in [0.2, 0.25) is 0 Å². The zero-order valence-corrected chi connectivity index (χ0v) is 16.9. The Labute approximate surface area is 163 Å². The van der Waals surface area contributed by atoms with Crippen LogP contribution < -0.4 is 9.47 Å². The number of aryl methyl sites for hydroxylation is 2. The van der Waals surface area contributed by atoms with Gasteiger partial charge in [-0.15, -0.1) is 11.3 Å². The Morgan fingerprint density at radius 1 is 1.22 bits per heavy atom. The van der Waals surface area contributed by atoms with Crippen LogP contribution in [0.5, 0.6) is 11.5 Å². The van der Waals surface area contributed by atoms with Crippen molar-refractivity contribution in [2.45, 2.75) is 32.9 Å². The summed E-state index contributed by atoms with van der Waals surface area (Å²) in [7, 11) is 3.38. The molecule has 0 saturated heterocycles. The summed E-state index contributed by atoms with van der Waals surface area (Å²) in [5.41, 5.74) is 4.75. The minimum absolute atomic E-state index is 0.183. The molecule has 0 aliphatic carbocycles. The highest BCUT2D eigenvalue weighted by atomic mass is 32.1. The van der Waals surface area contributed by atoms with E-state index >= 15 is 0 Å². The normalized spacial score (nSPS) is 17.0. The van der Waals surface area contributed by atoms with Gasteiger partial charge in [0.25, 0.3) is 0 Å². The number of ether oxygens (including phenoxy) is 2. The molecule has 4 rings (SSSR count). The lowest BCUT2D eigenvalue weighted by molar-refractivity contribution is 0.204. The van der Waals surface area contributed by atoms with E-state index in [0.29, 0.717) is 0 Å². The first-order valence-corrected chi connectivity index (χ1v) is 9.94. The molecule has 5 nitrogen and oxygen atoms in total. The first-order valence-electron chi connectivity index (χ1n) is 9.06. The van der Waals surface area contributed by atoms with Crippen LogP contribution in [0.25, 0.3) is 0 Å². The lowest BCUT2D eigenvalue weighted by Gasteiger charge is -2.37. The van der Waals surface area contributed by atoms with Crippen LogP contribution >= 0.6 is 11.3 Å². The SMILES string of the molecule is COc1cc2c(cc1OC)C(c1cccs1)N(Cc1c(C)noc1C)CC2. The van der Waals surface area contributed by atoms with Gasteiger partial charge in [-0.2, -0.15) is 0 Å². The largest absolute Gasteiger partial charge is 0.493 e. The molecule has 1 aliphatic rings. The second kappa shape index (κ2) is 7.37. The second-order valence-corrected chi connectivity index (χ2v) is 7.83. The maximum atomic E-state index is 5.58. The van der Waals surface area contributed by atoms with Gasteiger partial charge in [0.15, 0.2) is 11.5 Å². The number of hydrogen-bond acceptors (Lipinski definition) is 6. The molecule has 1 aliphatic heterocycles. The number of thiophene rings is 1. The summed E-state index contributed by atoms with van der Waals surface area (Å²) in [4.78, 5) is 3.84. The predicted molar refractivity (Wildman–Crippen MR) is 106 cm³/mol. The number of aromatic nitrogens is 1. The van der Waals surface area contributed by atoms with Crippen LogP contribution in [-0.2, 0) is 13.0 Å². The summed E-state index contributed by atoms with van der Waals surface area (Å²) < 4.78 is 16.5. The number of methoxy groups -OCH3 is 2. The van der Waals surface area contributed by atoms with Gasteiger partial charge in [0.05, 0.1) is 26.0 Å². The van der Waals surface area contributed by atoms with Gasteiger partial charge < -0.3 is 14.0 Å². The molecule has 0 amide bonds. The van der Waals surface area contributed by atoms with Gasteiger partial charge in [0.1, 0.15) is 5.76 Å². The van der Waals surface area contributed by atoms with Crippen LogP contribution in [0.15, 0.2) is 34.2 Å². The molecule has 27 heavy (non-hydrogen) atoms. The third-order valence-electron chi connectivity index (χ3n) is 5.33. The van der Waals surface area contributed by atoms with Gasteiger partial charge in [-0.05, 0) is 55.0 Å². The molecule has 0 saturated carbocycles. The minimum Gasteiger partial charge on any atom is -0.493 e. The molecule has 142 valence electrons. The smallest absolute Gasteiger partial charge is 0.161 e. The highest BCUT2D eigenvalue weighted by Crippen LogP contribution is 2.42. The molecule has 0 spiro atoms. The van der Waals surface area contributed by atoms with E-state index in [9.17, 15) is 0 Å². The van der Waals surface area contributed by atoms with Crippen molar-refractivity contribution in [3.63, 3.8) is 0 Å². The van der Waals surface area contributed by atoms with Crippen molar-refractivity contribution in [1.29, 1.82) is 0 Å². The average molecular weight is 385 g/mol. The summed E-state index contributed by atoms with van der Waals surface area (Å²) in [6.07, 6.45) is 0.973. The standard InChI is InChI=1S/C21H24N2O3S/c1-13-17(14(2)26-22-13)12-23-8-7-15-10-18(24-3)19(25-4)11-16(15)21(23)20-6-5-9-27-20/h5-6,9-11,21H,7-8,12H2,1-4H3. The van der Waals surface area contributed by atoms with Crippen LogP contribution in [0.2, 0.25) is 0 Å². The number of hydrogen-bond donors (Lipinski definition) is 0. The van der Waals surface area contributed by atoms with Gasteiger partial charge in [-0.1, -0.05) is 11.2 Å². The van der Waals surface area contributed by atoms with E-state index in [-0.39, 0.29) is 6.04 Å². The van der Waals surface area contributed by atoms with E-state index in [1.165, 1.54) is 21.6 Å². The van der Waals surface area contributed by atoms with E-state index < -0.39 is 0 Å². The Morgan fingerprint density at radius 2 is 2.00 bits per heavy atom. The number of benzene rings is 1. The molecule has 1 aromatic carbocycles. The number of nitrogens with zero attached hydrogens (tertiary/aromatic N) is 2. The molecule has 3 aromatic rings. The molecule has 6 heteroatoms. The van der Waals surface area contributed by atoms with Crippen molar-refractivity contribution in [2.75, 3.05) is 20.8 Å². The summed E-state index contributed by atoms with van der Waals surface area (Å²) in [5.74, 6) is 2.47. The van der Waals surface area contributed by atoms with Crippen molar-refractivity contribution in [1.82, 2.24) is 10.1 Å². The Morgan fingerprint density at radius 3 is 2.63 bits per heavy atom. The second-order valence-electron chi connectivity index (χ2n) is 6.85. The van der Waals surface area contributed by atoms with Crippen molar-refractivity contribution < 1.29 is 14.0 Å². The quantitative estimate of drug-likeness (QED) is 0.647. The van der Waals surface area contributed by atoms with Crippen LogP contribution in [0.1, 0.15) is 39.1 Å². The predicted octanol–water partition coefficient (Wildman–Crippen LogP) is 4.52. The van der Waals surface area contributed by atoms with Crippen molar-refractivity contribution >= 4 is 11.3 Å². The van der Waals surface area contributed by atoms with Gasteiger partial charge >= 0.3 is 0 Å². The van der Waals surface area contributed by atoms with E-state index in [1.807, 2.05) is 13.8 Å². The van der Waals surface area contributed by atoms with Crippen molar-refractivity contribution in [2.24, 2.45) is 0 Å². The third-order valence-corrected chi connectivity index (χ3v) is 6.25. The summed E-state index contributed by atoms with van der Waals surface area (Å²) >= 11 is 1.79. The molecule has 0 bridgehead atoms. The monoisotopic (exact) mass is 384 g/mol. The summed E-state index contributed by atoms with van der Waals surface area (Å²) in [6, 6.07) is 8.77. The molecular formula is C21H24N2O3S. The Hall–Kier alpha value is -2.31. The molecule has 1 unspecified atom stereocenters. The fraction of sp³-hybridized carbons (Fsp3) is 0.381. The average Bonchev–Trinajstić information content (AvgIpc) is 3.32. The topological polar surface area (TPSA) is 47.7 Å². The van der Waals surface area contributed by atoms with Crippen LogP contribution in [0.3, 0.4) is 0 Å². The maximum absolute atomic E-state index is 5.58. The van der Waals surface area contributed by atoms with E-state index in [4.69, 9.17) is 14.0 Å². The van der Waals surface area contributed by atoms with Crippen molar-refractivity contribution in [3.8, 4) is 11.5 Å². The van der Waals surface area contributed by atoms with E-state index in [2.05, 4.69) is 39.7 Å². The van der Waals surface area contributed by atoms with Crippen LogP contribution in [0, 0.1) is 13.8 Å². The fourth-order valence-corrected chi connectivity index (χ4v) is 4.76. The van der Waals surface area contributed by atoms with Crippen LogP contribution in [-0.4, -0.2) is 30.8 Å². The highest BCUT2D eigenvalue weighted by molar-refractivity contribution is 7.10. The molecule has 0 fully saturated rings. The molecule has 0 radical (unpaired) electrons. The van der Waals surface area contributed by atoms with Gasteiger partial charge in [0, 0.05) is 23.5 Å². The maximum Gasteiger partial charge on any atom is 0.161 e.